The lowest BCUT2D eigenvalue weighted by atomic mass is 10.0. The van der Waals surface area contributed by atoms with E-state index >= 15 is 0 Å². The molecule has 0 bridgehead atoms. The number of pyridine rings is 1. The van der Waals surface area contributed by atoms with E-state index in [-0.39, 0.29) is 0 Å². The summed E-state index contributed by atoms with van der Waals surface area (Å²) >= 11 is 0. The van der Waals surface area contributed by atoms with Crippen LogP contribution in [0.2, 0.25) is 0 Å². The van der Waals surface area contributed by atoms with Gasteiger partial charge in [0.25, 0.3) is 0 Å². The van der Waals surface area contributed by atoms with Crippen LogP contribution >= 0.6 is 0 Å². The fraction of sp³-hybridized carbons (Fsp3) is 0.600. The molecule has 1 fully saturated rings. The first kappa shape index (κ1) is 13.4. The number of hydrogen-bond acceptors (Lipinski definition) is 4. The van der Waals surface area contributed by atoms with Gasteiger partial charge in [0.1, 0.15) is 11.6 Å². The summed E-state index contributed by atoms with van der Waals surface area (Å²) in [7, 11) is 1.68. The van der Waals surface area contributed by atoms with Gasteiger partial charge in [-0.25, -0.2) is 0 Å². The highest BCUT2D eigenvalue weighted by molar-refractivity contribution is 5.41. The van der Waals surface area contributed by atoms with Crippen molar-refractivity contribution in [2.75, 3.05) is 20.2 Å². The van der Waals surface area contributed by atoms with Crippen LogP contribution in [0.1, 0.15) is 26.1 Å². The highest BCUT2D eigenvalue weighted by Crippen LogP contribution is 2.22. The Morgan fingerprint density at radius 1 is 1.35 bits per heavy atom. The summed E-state index contributed by atoms with van der Waals surface area (Å²) < 4.78 is 7.33. The van der Waals surface area contributed by atoms with E-state index in [0.717, 1.165) is 30.2 Å². The fourth-order valence-corrected chi connectivity index (χ4v) is 2.94. The molecule has 0 saturated carbocycles. The van der Waals surface area contributed by atoms with Crippen molar-refractivity contribution < 1.29 is 4.74 Å². The molecule has 5 nitrogen and oxygen atoms in total. The van der Waals surface area contributed by atoms with Crippen molar-refractivity contribution in [1.29, 1.82) is 0 Å². The third-order valence-electron chi connectivity index (χ3n) is 4.20. The molecule has 5 heteroatoms. The van der Waals surface area contributed by atoms with E-state index in [1.807, 2.05) is 18.3 Å². The summed E-state index contributed by atoms with van der Waals surface area (Å²) in [6.45, 7) is 6.89. The quantitative estimate of drug-likeness (QED) is 0.855. The van der Waals surface area contributed by atoms with E-state index in [1.165, 1.54) is 13.0 Å². The average Bonchev–Trinajstić information content (AvgIpc) is 3.06. The van der Waals surface area contributed by atoms with Crippen molar-refractivity contribution in [3.8, 4) is 5.75 Å². The Bertz CT molecular complexity index is 593. The van der Waals surface area contributed by atoms with Crippen molar-refractivity contribution in [3.63, 3.8) is 0 Å². The Morgan fingerprint density at radius 3 is 2.90 bits per heavy atom. The van der Waals surface area contributed by atoms with Crippen molar-refractivity contribution >= 4 is 5.65 Å². The zero-order chi connectivity index (χ0) is 14.1. The lowest BCUT2D eigenvalue weighted by Gasteiger charge is -2.20. The first-order valence-corrected chi connectivity index (χ1v) is 7.29. The van der Waals surface area contributed by atoms with Gasteiger partial charge in [-0.3, -0.25) is 4.40 Å². The molecule has 1 aliphatic heterocycles. The van der Waals surface area contributed by atoms with Crippen molar-refractivity contribution in [2.45, 2.75) is 32.7 Å². The molecule has 0 N–H and O–H groups in total. The number of fused-ring (bicyclic) bond motifs is 1. The minimum atomic E-state index is 0.634. The monoisotopic (exact) mass is 274 g/mol. The lowest BCUT2D eigenvalue weighted by molar-refractivity contribution is 0.264. The number of methoxy groups -OCH3 is 1. The van der Waals surface area contributed by atoms with Crippen molar-refractivity contribution in [2.24, 2.45) is 5.92 Å². The lowest BCUT2D eigenvalue weighted by Crippen LogP contribution is -2.28. The van der Waals surface area contributed by atoms with Crippen LogP contribution in [0.25, 0.3) is 5.65 Å². The first-order chi connectivity index (χ1) is 9.67. The van der Waals surface area contributed by atoms with Gasteiger partial charge in [-0.05, 0) is 44.9 Å². The Morgan fingerprint density at radius 2 is 2.20 bits per heavy atom. The maximum absolute atomic E-state index is 5.28. The molecule has 0 spiro atoms. The predicted octanol–water partition coefficient (Wildman–Crippen LogP) is 2.01. The molecule has 108 valence electrons. The molecule has 2 aromatic rings. The molecule has 3 rings (SSSR count). The molecule has 1 aliphatic rings. The van der Waals surface area contributed by atoms with Crippen LogP contribution in [0.4, 0.5) is 0 Å². The number of aromatic nitrogens is 3. The third kappa shape index (κ3) is 2.50. The van der Waals surface area contributed by atoms with Crippen LogP contribution in [0.5, 0.6) is 5.75 Å². The molecular weight excluding hydrogens is 252 g/mol. The first-order valence-electron chi connectivity index (χ1n) is 7.29. The predicted molar refractivity (Wildman–Crippen MR) is 78.1 cm³/mol. The van der Waals surface area contributed by atoms with Gasteiger partial charge in [-0.1, -0.05) is 0 Å². The summed E-state index contributed by atoms with van der Waals surface area (Å²) in [6.07, 6.45) is 4.20. The van der Waals surface area contributed by atoms with E-state index in [1.54, 1.807) is 7.11 Å². The van der Waals surface area contributed by atoms with Gasteiger partial charge in [0, 0.05) is 19.0 Å². The number of likely N-dealkylation sites (tertiary alicyclic amines) is 1. The van der Waals surface area contributed by atoms with Crippen LogP contribution in [-0.4, -0.2) is 45.7 Å². The zero-order valence-corrected chi connectivity index (χ0v) is 12.4. The average molecular weight is 274 g/mol. The second-order valence-corrected chi connectivity index (χ2v) is 5.86. The molecular formula is C15H22N4O. The molecule has 0 amide bonds. The largest absolute Gasteiger partial charge is 0.495 e. The van der Waals surface area contributed by atoms with Gasteiger partial charge in [0.05, 0.1) is 13.3 Å². The standard InChI is InChI=1S/C15H22N4O/c1-11(2)18-7-6-12(9-18)8-15-17-16-14-5-4-13(20-3)10-19(14)15/h4-5,10-12H,6-9H2,1-3H3. The van der Waals surface area contributed by atoms with E-state index < -0.39 is 0 Å². The van der Waals surface area contributed by atoms with Gasteiger partial charge in [0.2, 0.25) is 0 Å². The van der Waals surface area contributed by atoms with E-state index in [9.17, 15) is 0 Å². The van der Waals surface area contributed by atoms with Crippen LogP contribution < -0.4 is 4.74 Å². The summed E-state index contributed by atoms with van der Waals surface area (Å²) in [5, 5.41) is 8.58. The summed E-state index contributed by atoms with van der Waals surface area (Å²) in [4.78, 5) is 2.54. The van der Waals surface area contributed by atoms with Gasteiger partial charge in [0.15, 0.2) is 5.65 Å². The minimum absolute atomic E-state index is 0.634. The second-order valence-electron chi connectivity index (χ2n) is 5.86. The number of nitrogens with zero attached hydrogens (tertiary/aromatic N) is 4. The Hall–Kier alpha value is -1.62. The molecule has 0 radical (unpaired) electrons. The van der Waals surface area contributed by atoms with Gasteiger partial charge in [-0.15, -0.1) is 10.2 Å². The zero-order valence-electron chi connectivity index (χ0n) is 12.4. The Labute approximate surface area is 119 Å². The van der Waals surface area contributed by atoms with Gasteiger partial charge >= 0.3 is 0 Å². The highest BCUT2D eigenvalue weighted by Gasteiger charge is 2.25. The van der Waals surface area contributed by atoms with Gasteiger partial charge < -0.3 is 9.64 Å². The van der Waals surface area contributed by atoms with Crippen LogP contribution in [0.3, 0.4) is 0 Å². The smallest absolute Gasteiger partial charge is 0.161 e. The molecule has 20 heavy (non-hydrogen) atoms. The van der Waals surface area contributed by atoms with Crippen LogP contribution in [0.15, 0.2) is 18.3 Å². The summed E-state index contributed by atoms with van der Waals surface area (Å²) in [5.74, 6) is 2.55. The molecule has 0 aromatic carbocycles. The van der Waals surface area contributed by atoms with Crippen molar-refractivity contribution in [3.05, 3.63) is 24.2 Å². The molecule has 0 aliphatic carbocycles. The summed E-state index contributed by atoms with van der Waals surface area (Å²) in [6, 6.07) is 4.50. The topological polar surface area (TPSA) is 42.7 Å². The fourth-order valence-electron chi connectivity index (χ4n) is 2.94. The van der Waals surface area contributed by atoms with Crippen molar-refractivity contribution in [1.82, 2.24) is 19.5 Å². The molecule has 3 heterocycles. The highest BCUT2D eigenvalue weighted by atomic mass is 16.5. The number of ether oxygens (including phenoxy) is 1. The summed E-state index contributed by atoms with van der Waals surface area (Å²) in [5.41, 5.74) is 0.888. The number of hydrogen-bond donors (Lipinski definition) is 0. The molecule has 1 saturated heterocycles. The normalized spacial score (nSPS) is 20.1. The second kappa shape index (κ2) is 5.40. The SMILES string of the molecule is COc1ccc2nnc(CC3CCN(C(C)C)C3)n2c1. The van der Waals surface area contributed by atoms with E-state index in [0.29, 0.717) is 12.0 Å². The number of rotatable bonds is 4. The molecule has 1 atom stereocenters. The Kier molecular flexibility index (Phi) is 3.61. The van der Waals surface area contributed by atoms with E-state index in [4.69, 9.17) is 4.74 Å². The molecule has 1 unspecified atom stereocenters. The maximum atomic E-state index is 5.28. The van der Waals surface area contributed by atoms with E-state index in [2.05, 4.69) is 33.3 Å². The van der Waals surface area contributed by atoms with Crippen LogP contribution in [0, 0.1) is 5.92 Å². The van der Waals surface area contributed by atoms with Crippen LogP contribution in [-0.2, 0) is 6.42 Å². The minimum Gasteiger partial charge on any atom is -0.495 e. The third-order valence-corrected chi connectivity index (χ3v) is 4.20. The Balaban J connectivity index is 1.78. The van der Waals surface area contributed by atoms with Gasteiger partial charge in [-0.2, -0.15) is 0 Å². The molecule has 2 aromatic heterocycles. The maximum Gasteiger partial charge on any atom is 0.161 e.